The number of benzene rings is 1. The second kappa shape index (κ2) is 14.3. The Kier molecular flexibility index (Phi) is 10.9. The first-order valence-electron chi connectivity index (χ1n) is 12.5. The summed E-state index contributed by atoms with van der Waals surface area (Å²) in [5.41, 5.74) is 1.25. The smallest absolute Gasteiger partial charge is 0.351 e. The number of likely N-dealkylation sites (tertiary alicyclic amines) is 1. The van der Waals surface area contributed by atoms with Gasteiger partial charge >= 0.3 is 12.0 Å². The molecule has 3 amide bonds. The van der Waals surface area contributed by atoms with Crippen LogP contribution in [-0.4, -0.2) is 78.8 Å². The van der Waals surface area contributed by atoms with E-state index in [0.29, 0.717) is 30.4 Å². The minimum absolute atomic E-state index is 0. The van der Waals surface area contributed by atoms with Crippen LogP contribution in [0.25, 0.3) is 0 Å². The maximum absolute atomic E-state index is 12.9. The van der Waals surface area contributed by atoms with E-state index in [1.807, 2.05) is 18.2 Å². The molecule has 0 radical (unpaired) electrons. The lowest BCUT2D eigenvalue weighted by Gasteiger charge is -2.26. The Morgan fingerprint density at radius 2 is 1.95 bits per heavy atom. The van der Waals surface area contributed by atoms with Crippen molar-refractivity contribution in [2.24, 2.45) is 0 Å². The summed E-state index contributed by atoms with van der Waals surface area (Å²) in [7, 11) is 0. The van der Waals surface area contributed by atoms with Crippen LogP contribution in [0.1, 0.15) is 30.5 Å². The first kappa shape index (κ1) is 28.1. The second-order valence-electron chi connectivity index (χ2n) is 8.61. The van der Waals surface area contributed by atoms with Crippen molar-refractivity contribution in [2.45, 2.75) is 31.4 Å². The predicted molar refractivity (Wildman–Crippen MR) is 151 cm³/mol. The number of hydrogen-bond donors (Lipinski definition) is 3. The van der Waals surface area contributed by atoms with Gasteiger partial charge in [-0.3, -0.25) is 4.79 Å². The Labute approximate surface area is 226 Å². The highest BCUT2D eigenvalue weighted by Gasteiger charge is 2.39. The molecule has 2 fully saturated rings. The summed E-state index contributed by atoms with van der Waals surface area (Å²) >= 11 is 1.17. The Bertz CT molecular complexity index is 1060. The Morgan fingerprint density at radius 1 is 1.24 bits per heavy atom. The van der Waals surface area contributed by atoms with Gasteiger partial charge in [0.05, 0.1) is 0 Å². The van der Waals surface area contributed by atoms with Crippen LogP contribution >= 0.6 is 11.8 Å². The van der Waals surface area contributed by atoms with Crippen LogP contribution in [-0.2, 0) is 14.3 Å². The van der Waals surface area contributed by atoms with Crippen molar-refractivity contribution < 1.29 is 23.4 Å². The molecule has 0 aromatic heterocycles. The molecule has 204 valence electrons. The van der Waals surface area contributed by atoms with Crippen molar-refractivity contribution in [1.29, 1.82) is 5.26 Å². The maximum atomic E-state index is 12.9. The second-order valence-corrected chi connectivity index (χ2v) is 9.80. The molecule has 3 N–H and O–H groups in total. The summed E-state index contributed by atoms with van der Waals surface area (Å²) < 4.78 is 5.00. The molecule has 0 saturated carbocycles. The summed E-state index contributed by atoms with van der Waals surface area (Å²) in [5, 5.41) is 18.2. The van der Waals surface area contributed by atoms with Crippen LogP contribution in [0.2, 0.25) is 0 Å². The van der Waals surface area contributed by atoms with Crippen molar-refractivity contribution in [2.75, 3.05) is 56.5 Å². The van der Waals surface area contributed by atoms with E-state index < -0.39 is 11.2 Å². The molecule has 2 heterocycles. The third-order valence-corrected chi connectivity index (χ3v) is 7.32. The molecular weight excluding hydrogens is 492 g/mol. The Hall–Kier alpha value is -3.49. The van der Waals surface area contributed by atoms with Crippen molar-refractivity contribution >= 4 is 41.0 Å². The fraction of sp³-hybridized carbons (Fsp3) is 0.462. The molecule has 1 atom stereocenters. The van der Waals surface area contributed by atoms with Crippen LogP contribution in [0, 0.1) is 11.3 Å². The number of anilines is 2. The van der Waals surface area contributed by atoms with Gasteiger partial charge in [-0.15, -0.1) is 0 Å². The number of rotatable bonds is 11. The average Bonchev–Trinajstić information content (AvgIpc) is 3.22. The number of ether oxygens (including phenoxy) is 1. The van der Waals surface area contributed by atoms with E-state index in [2.05, 4.69) is 27.4 Å². The largest absolute Gasteiger partial charge is 0.457 e. The lowest BCUT2D eigenvalue weighted by atomic mass is 10.1. The molecule has 0 bridgehead atoms. The van der Waals surface area contributed by atoms with Gasteiger partial charge in [-0.05, 0) is 57.1 Å². The minimum atomic E-state index is -0.775. The van der Waals surface area contributed by atoms with Crippen molar-refractivity contribution in [3.8, 4) is 6.07 Å². The van der Waals surface area contributed by atoms with Gasteiger partial charge in [0.2, 0.25) is 5.91 Å². The summed E-state index contributed by atoms with van der Waals surface area (Å²) in [6.07, 6.45) is 5.15. The van der Waals surface area contributed by atoms with E-state index in [1.165, 1.54) is 42.0 Å². The van der Waals surface area contributed by atoms with E-state index in [4.69, 9.17) is 4.74 Å². The molecule has 2 saturated heterocycles. The lowest BCUT2D eigenvalue weighted by molar-refractivity contribution is -0.137. The number of thioether (sulfide) groups is 1. The Morgan fingerprint density at radius 3 is 2.59 bits per heavy atom. The zero-order valence-corrected chi connectivity index (χ0v) is 21.9. The number of piperidine rings is 1. The number of hydrogen-bond acceptors (Lipinski definition) is 8. The first-order chi connectivity index (χ1) is 18.0. The molecule has 1 aromatic carbocycles. The first-order valence-corrected chi connectivity index (χ1v) is 13.4. The number of nitriles is 1. The fourth-order valence-electron chi connectivity index (χ4n) is 4.10. The number of amides is 3. The summed E-state index contributed by atoms with van der Waals surface area (Å²) in [4.78, 5) is 41.1. The van der Waals surface area contributed by atoms with Gasteiger partial charge in [0.15, 0.2) is 5.57 Å². The van der Waals surface area contributed by atoms with Gasteiger partial charge < -0.3 is 30.5 Å². The van der Waals surface area contributed by atoms with Gasteiger partial charge in [-0.1, -0.05) is 30.8 Å². The van der Waals surface area contributed by atoms with Gasteiger partial charge in [-0.2, -0.15) is 5.26 Å². The summed E-state index contributed by atoms with van der Waals surface area (Å²) in [6, 6.07) is 8.82. The van der Waals surface area contributed by atoms with E-state index in [0.717, 1.165) is 25.3 Å². The molecule has 0 aliphatic carbocycles. The number of carbonyl (C=O) groups excluding carboxylic acids is 3. The van der Waals surface area contributed by atoms with Gasteiger partial charge in [0.25, 0.3) is 0 Å². The topological polar surface area (TPSA) is 127 Å². The van der Waals surface area contributed by atoms with Crippen LogP contribution in [0.3, 0.4) is 0 Å². The molecule has 37 heavy (non-hydrogen) atoms. The number of esters is 1. The number of carbonyl (C=O) groups is 3. The van der Waals surface area contributed by atoms with Crippen molar-refractivity contribution in [3.63, 3.8) is 0 Å². The van der Waals surface area contributed by atoms with Crippen LogP contribution in [0.5, 0.6) is 0 Å². The van der Waals surface area contributed by atoms with E-state index in [1.54, 1.807) is 19.1 Å². The number of nitrogens with one attached hydrogen (secondary N) is 3. The quantitative estimate of drug-likeness (QED) is 0.170. The van der Waals surface area contributed by atoms with E-state index >= 15 is 0 Å². The lowest BCUT2D eigenvalue weighted by Crippen LogP contribution is -2.39. The predicted octanol–water partition coefficient (Wildman–Crippen LogP) is 3.87. The molecule has 2 aliphatic heterocycles. The van der Waals surface area contributed by atoms with Gasteiger partial charge in [-0.25, -0.2) is 9.59 Å². The Balaban J connectivity index is 0.00000507. The molecule has 1 unspecified atom stereocenters. The monoisotopic (exact) mass is 532 g/mol. The fourth-order valence-corrected chi connectivity index (χ4v) is 5.36. The summed E-state index contributed by atoms with van der Waals surface area (Å²) in [5.74, 6) is -0.956. The molecule has 3 rings (SSSR count). The molecule has 0 spiro atoms. The molecule has 2 aliphatic rings. The minimum Gasteiger partial charge on any atom is -0.457 e. The SMILES string of the molecule is C=CCOC(=O)/C(C#N)=C1\SC(CNc2ccc(NC(=O)NCCN3CCCCC3)cc2)C(=O)N1CC.[HH].[HH].[HH]. The molecule has 11 heteroatoms. The summed E-state index contributed by atoms with van der Waals surface area (Å²) in [6.45, 7) is 9.54. The highest BCUT2D eigenvalue weighted by Crippen LogP contribution is 2.37. The van der Waals surface area contributed by atoms with E-state index in [9.17, 15) is 19.6 Å². The number of urea groups is 1. The maximum Gasteiger partial charge on any atom is 0.351 e. The highest BCUT2D eigenvalue weighted by molar-refractivity contribution is 8.04. The van der Waals surface area contributed by atoms with Crippen molar-refractivity contribution in [3.05, 3.63) is 47.5 Å². The normalized spacial score (nSPS) is 19.1. The highest BCUT2D eigenvalue weighted by atomic mass is 32.2. The number of nitrogens with zero attached hydrogens (tertiary/aromatic N) is 3. The molecule has 1 aromatic rings. The van der Waals surface area contributed by atoms with Gasteiger partial charge in [0, 0.05) is 41.8 Å². The standard InChI is InChI=1S/C26H34N6O4S.3H2/c1-3-16-36-25(34)21(17-27)24-32(4-2)23(33)22(37-24)18-29-19-8-10-20(11-9-19)30-26(35)28-12-15-31-13-6-5-7-14-31;;;/h3,8-11,22,29H,1,4-7,12-16,18H2,2H3,(H2,28,30,35);3*1H/b24-21-;;;. The third kappa shape index (κ3) is 8.00. The van der Waals surface area contributed by atoms with Crippen LogP contribution in [0.4, 0.5) is 16.2 Å². The van der Waals surface area contributed by atoms with Crippen molar-refractivity contribution in [1.82, 2.24) is 15.1 Å². The van der Waals surface area contributed by atoms with E-state index in [-0.39, 0.29) is 28.4 Å². The molecular formula is C26H40N6O4S. The average molecular weight is 533 g/mol. The molecule has 10 nitrogen and oxygen atoms in total. The zero-order valence-electron chi connectivity index (χ0n) is 21.1. The zero-order chi connectivity index (χ0) is 26.6. The van der Waals surface area contributed by atoms with Crippen LogP contribution < -0.4 is 16.0 Å². The van der Waals surface area contributed by atoms with Gasteiger partial charge in [0.1, 0.15) is 23.0 Å². The van der Waals surface area contributed by atoms with Crippen LogP contribution in [0.15, 0.2) is 47.5 Å². The third-order valence-electron chi connectivity index (χ3n) is 6.02.